The van der Waals surface area contributed by atoms with E-state index in [4.69, 9.17) is 0 Å². The van der Waals surface area contributed by atoms with E-state index in [2.05, 4.69) is 26.0 Å². The fourth-order valence-electron chi connectivity index (χ4n) is 1.23. The summed E-state index contributed by atoms with van der Waals surface area (Å²) in [5, 5.41) is 13.4. The van der Waals surface area contributed by atoms with Crippen molar-refractivity contribution < 1.29 is 5.11 Å². The first-order valence-corrected chi connectivity index (χ1v) is 4.64. The molecule has 0 saturated heterocycles. The lowest BCUT2D eigenvalue weighted by atomic mass is 10.2. The van der Waals surface area contributed by atoms with E-state index >= 15 is 0 Å². The van der Waals surface area contributed by atoms with Crippen LogP contribution in [-0.2, 0) is 0 Å². The Kier molecular flexibility index (Phi) is 2.05. The van der Waals surface area contributed by atoms with Gasteiger partial charge in [0.05, 0.1) is 6.10 Å². The Morgan fingerprint density at radius 3 is 3.08 bits per heavy atom. The Morgan fingerprint density at radius 2 is 2.38 bits per heavy atom. The predicted molar refractivity (Wildman–Crippen MR) is 51.3 cm³/mol. The highest BCUT2D eigenvalue weighted by molar-refractivity contribution is 9.10. The number of fused-ring (bicyclic) bond motifs is 1. The molecule has 1 N–H and O–H groups in total. The quantitative estimate of drug-likeness (QED) is 0.825. The van der Waals surface area contributed by atoms with Crippen LogP contribution >= 0.6 is 15.9 Å². The summed E-state index contributed by atoms with van der Waals surface area (Å²) in [5.41, 5.74) is 1.46. The van der Waals surface area contributed by atoms with Crippen LogP contribution in [0, 0.1) is 0 Å². The molecule has 1 unspecified atom stereocenters. The molecule has 5 heteroatoms. The van der Waals surface area contributed by atoms with Crippen molar-refractivity contribution in [3.8, 4) is 0 Å². The second-order valence-electron chi connectivity index (χ2n) is 2.82. The van der Waals surface area contributed by atoms with Gasteiger partial charge in [-0.2, -0.15) is 5.10 Å². The van der Waals surface area contributed by atoms with Crippen LogP contribution in [0.1, 0.15) is 18.6 Å². The smallest absolute Gasteiger partial charge is 0.161 e. The van der Waals surface area contributed by atoms with Crippen LogP contribution in [0.4, 0.5) is 0 Å². The molecule has 0 radical (unpaired) electrons. The van der Waals surface area contributed by atoms with Crippen LogP contribution in [-0.4, -0.2) is 19.7 Å². The summed E-state index contributed by atoms with van der Waals surface area (Å²) in [6, 6.07) is 1.84. The highest BCUT2D eigenvalue weighted by atomic mass is 79.9. The maximum atomic E-state index is 9.46. The van der Waals surface area contributed by atoms with Gasteiger partial charge in [0.25, 0.3) is 0 Å². The second-order valence-corrected chi connectivity index (χ2v) is 3.73. The molecule has 2 rings (SSSR count). The zero-order valence-corrected chi connectivity index (χ0v) is 8.56. The minimum absolute atomic E-state index is 0.538. The van der Waals surface area contributed by atoms with Gasteiger partial charge in [-0.1, -0.05) is 0 Å². The molecule has 0 spiro atoms. The summed E-state index contributed by atoms with van der Waals surface area (Å²) in [4.78, 5) is 4.05. The molecule has 4 nitrogen and oxygen atoms in total. The summed E-state index contributed by atoms with van der Waals surface area (Å²) in [6.45, 7) is 1.70. The number of pyridine rings is 1. The number of aromatic nitrogens is 3. The van der Waals surface area contributed by atoms with Gasteiger partial charge in [0.15, 0.2) is 5.65 Å². The monoisotopic (exact) mass is 241 g/mol. The summed E-state index contributed by atoms with van der Waals surface area (Å²) >= 11 is 3.34. The van der Waals surface area contributed by atoms with Gasteiger partial charge in [-0.15, -0.1) is 0 Å². The van der Waals surface area contributed by atoms with Gasteiger partial charge in [-0.3, -0.25) is 0 Å². The molecule has 0 saturated carbocycles. The van der Waals surface area contributed by atoms with E-state index in [1.54, 1.807) is 17.6 Å². The fraction of sp³-hybridized carbons (Fsp3) is 0.250. The number of nitrogens with zero attached hydrogens (tertiary/aromatic N) is 3. The minimum atomic E-state index is -0.538. The zero-order valence-electron chi connectivity index (χ0n) is 6.98. The molecule has 1 atom stereocenters. The molecular weight excluding hydrogens is 234 g/mol. The standard InChI is InChI=1S/C8H8BrN3O/c1-5(13)7-2-6(9)3-12-8(7)10-4-11-12/h2-5,13H,1H3. The molecule has 0 aliphatic carbocycles. The number of aliphatic hydroxyl groups excluding tert-OH is 1. The number of hydrogen-bond acceptors (Lipinski definition) is 3. The highest BCUT2D eigenvalue weighted by Gasteiger charge is 2.09. The van der Waals surface area contributed by atoms with Gasteiger partial charge in [0, 0.05) is 16.2 Å². The van der Waals surface area contributed by atoms with Crippen molar-refractivity contribution in [1.82, 2.24) is 14.6 Å². The first-order chi connectivity index (χ1) is 6.18. The predicted octanol–water partition coefficient (Wildman–Crippen LogP) is 1.55. The van der Waals surface area contributed by atoms with Gasteiger partial charge >= 0.3 is 0 Å². The largest absolute Gasteiger partial charge is 0.389 e. The third-order valence-electron chi connectivity index (χ3n) is 1.82. The molecular formula is C8H8BrN3O. The lowest BCUT2D eigenvalue weighted by molar-refractivity contribution is 0.200. The average molecular weight is 242 g/mol. The van der Waals surface area contributed by atoms with Crippen molar-refractivity contribution >= 4 is 21.6 Å². The topological polar surface area (TPSA) is 50.4 Å². The van der Waals surface area contributed by atoms with Crippen molar-refractivity contribution in [3.63, 3.8) is 0 Å². The van der Waals surface area contributed by atoms with Crippen LogP contribution in [0.2, 0.25) is 0 Å². The number of halogens is 1. The molecule has 0 aliphatic heterocycles. The van der Waals surface area contributed by atoms with Gasteiger partial charge in [0.2, 0.25) is 0 Å². The number of aliphatic hydroxyl groups is 1. The molecule has 2 aromatic rings. The lowest BCUT2D eigenvalue weighted by Crippen LogP contribution is -1.97. The molecule has 0 aromatic carbocycles. The van der Waals surface area contributed by atoms with Crippen LogP contribution in [0.5, 0.6) is 0 Å². The molecule has 0 aliphatic rings. The summed E-state index contributed by atoms with van der Waals surface area (Å²) in [6.07, 6.45) is 2.73. The highest BCUT2D eigenvalue weighted by Crippen LogP contribution is 2.21. The normalized spacial score (nSPS) is 13.5. The minimum Gasteiger partial charge on any atom is -0.389 e. The Bertz CT molecular complexity index is 438. The van der Waals surface area contributed by atoms with Gasteiger partial charge in [-0.25, -0.2) is 9.50 Å². The molecule has 0 amide bonds. The van der Waals surface area contributed by atoms with E-state index < -0.39 is 6.10 Å². The van der Waals surface area contributed by atoms with E-state index in [0.717, 1.165) is 10.0 Å². The van der Waals surface area contributed by atoms with Crippen molar-refractivity contribution in [1.29, 1.82) is 0 Å². The summed E-state index contributed by atoms with van der Waals surface area (Å²) in [7, 11) is 0. The first-order valence-electron chi connectivity index (χ1n) is 3.85. The Labute approximate surface area is 83.3 Å². The van der Waals surface area contributed by atoms with Crippen LogP contribution < -0.4 is 0 Å². The van der Waals surface area contributed by atoms with Gasteiger partial charge < -0.3 is 5.11 Å². The van der Waals surface area contributed by atoms with Crippen molar-refractivity contribution in [2.45, 2.75) is 13.0 Å². The van der Waals surface area contributed by atoms with E-state index in [1.165, 1.54) is 6.33 Å². The van der Waals surface area contributed by atoms with E-state index in [9.17, 15) is 5.11 Å². The number of hydrogen-bond donors (Lipinski definition) is 1. The van der Waals surface area contributed by atoms with Crippen LogP contribution in [0.3, 0.4) is 0 Å². The molecule has 68 valence electrons. The fourth-order valence-corrected chi connectivity index (χ4v) is 1.67. The van der Waals surface area contributed by atoms with Crippen molar-refractivity contribution in [2.75, 3.05) is 0 Å². The molecule has 0 bridgehead atoms. The van der Waals surface area contributed by atoms with E-state index in [1.807, 2.05) is 6.07 Å². The summed E-state index contributed by atoms with van der Waals surface area (Å²) < 4.78 is 2.51. The number of rotatable bonds is 1. The third-order valence-corrected chi connectivity index (χ3v) is 2.25. The average Bonchev–Trinajstić information content (AvgIpc) is 2.49. The molecule has 2 aromatic heterocycles. The van der Waals surface area contributed by atoms with Crippen molar-refractivity contribution in [3.05, 3.63) is 28.6 Å². The Hall–Kier alpha value is -0.940. The third kappa shape index (κ3) is 1.45. The van der Waals surface area contributed by atoms with Crippen LogP contribution in [0.25, 0.3) is 5.65 Å². The lowest BCUT2D eigenvalue weighted by Gasteiger charge is -2.05. The molecule has 2 heterocycles. The zero-order chi connectivity index (χ0) is 9.42. The Balaban J connectivity index is 2.77. The van der Waals surface area contributed by atoms with Crippen molar-refractivity contribution in [2.24, 2.45) is 0 Å². The molecule has 0 fully saturated rings. The van der Waals surface area contributed by atoms with Gasteiger partial charge in [-0.05, 0) is 28.9 Å². The maximum Gasteiger partial charge on any atom is 0.161 e. The van der Waals surface area contributed by atoms with Gasteiger partial charge in [0.1, 0.15) is 6.33 Å². The Morgan fingerprint density at radius 1 is 1.62 bits per heavy atom. The van der Waals surface area contributed by atoms with E-state index in [0.29, 0.717) is 5.65 Å². The SMILES string of the molecule is CC(O)c1cc(Br)cn2ncnc12. The summed E-state index contributed by atoms with van der Waals surface area (Å²) in [5.74, 6) is 0. The van der Waals surface area contributed by atoms with Crippen LogP contribution in [0.15, 0.2) is 23.1 Å². The second kappa shape index (κ2) is 3.08. The van der Waals surface area contributed by atoms with E-state index in [-0.39, 0.29) is 0 Å². The first kappa shape index (κ1) is 8.65. The molecule has 13 heavy (non-hydrogen) atoms. The maximum absolute atomic E-state index is 9.46.